The summed E-state index contributed by atoms with van der Waals surface area (Å²) in [4.78, 5) is 33.7. The molecule has 2 aromatic carbocycles. The number of carboxylic acids is 2. The van der Waals surface area contributed by atoms with E-state index in [9.17, 15) is 19.5 Å². The van der Waals surface area contributed by atoms with Gasteiger partial charge >= 0.3 is 5.97 Å². The molecule has 43 heavy (non-hydrogen) atoms. The van der Waals surface area contributed by atoms with E-state index in [1.165, 1.54) is 52.8 Å². The first-order valence-electron chi connectivity index (χ1n) is 12.7. The molecule has 0 spiro atoms. The predicted octanol–water partition coefficient (Wildman–Crippen LogP) is 1.27. The average Bonchev–Trinajstić information content (AvgIpc) is 3.47. The lowest BCUT2D eigenvalue weighted by Gasteiger charge is -2.18. The summed E-state index contributed by atoms with van der Waals surface area (Å²) in [6.45, 7) is 1.08. The Bertz CT molecular complexity index is 1450. The number of furan rings is 1. The van der Waals surface area contributed by atoms with Crippen LogP contribution < -0.4 is 38.4 Å². The molecule has 1 heterocycles. The van der Waals surface area contributed by atoms with Gasteiger partial charge in [-0.3, -0.25) is 4.79 Å². The number of hydrogen-bond donors (Lipinski definition) is 2. The molecule has 0 radical (unpaired) electrons. The molecule has 0 aliphatic rings. The number of ketones is 1. The van der Waals surface area contributed by atoms with Crippen molar-refractivity contribution in [1.29, 1.82) is 0 Å². The van der Waals surface area contributed by atoms with Crippen LogP contribution in [0.5, 0.6) is 34.5 Å². The van der Waals surface area contributed by atoms with E-state index in [0.29, 0.717) is 64.0 Å². The van der Waals surface area contributed by atoms with Crippen molar-refractivity contribution < 1.29 is 62.3 Å². The Morgan fingerprint density at radius 1 is 0.860 bits per heavy atom. The molecule has 0 bridgehead atoms. The smallest absolute Gasteiger partial charge is 0.328 e. The van der Waals surface area contributed by atoms with Gasteiger partial charge in [0, 0.05) is 6.08 Å². The van der Waals surface area contributed by atoms with Crippen LogP contribution in [0.3, 0.4) is 0 Å². The molecule has 0 saturated heterocycles. The van der Waals surface area contributed by atoms with E-state index in [-0.39, 0.29) is 17.1 Å². The number of hydrogen-bond acceptors (Lipinski definition) is 11. The minimum absolute atomic E-state index is 0.246. The SMILES string of the molecule is COc1cc(/C=C/C(=O)c2c(OCC[NH+](C)C)c(OC)c3occc3c2OC)cc(OC)c1OC.O=C([O-])/C=C\C(=O)O. The highest BCUT2D eigenvalue weighted by Gasteiger charge is 2.28. The second kappa shape index (κ2) is 16.3. The molecule has 232 valence electrons. The van der Waals surface area contributed by atoms with E-state index in [1.807, 2.05) is 14.1 Å². The summed E-state index contributed by atoms with van der Waals surface area (Å²) in [6.07, 6.45) is 5.56. The number of benzene rings is 2. The van der Waals surface area contributed by atoms with Gasteiger partial charge in [0.25, 0.3) is 0 Å². The maximum absolute atomic E-state index is 13.6. The molecule has 0 aliphatic heterocycles. The van der Waals surface area contributed by atoms with Crippen molar-refractivity contribution in [3.05, 3.63) is 53.8 Å². The van der Waals surface area contributed by atoms with E-state index in [0.717, 1.165) is 6.54 Å². The normalized spacial score (nSPS) is 10.9. The number of nitrogens with one attached hydrogen (secondary N) is 1. The van der Waals surface area contributed by atoms with Crippen LogP contribution in [0.15, 0.2) is 47.1 Å². The van der Waals surface area contributed by atoms with Crippen LogP contribution >= 0.6 is 0 Å². The van der Waals surface area contributed by atoms with Crippen molar-refractivity contribution in [1.82, 2.24) is 0 Å². The lowest BCUT2D eigenvalue weighted by atomic mass is 10.0. The highest BCUT2D eigenvalue weighted by atomic mass is 16.5. The largest absolute Gasteiger partial charge is 0.545 e. The van der Waals surface area contributed by atoms with E-state index in [1.54, 1.807) is 24.3 Å². The van der Waals surface area contributed by atoms with Crippen LogP contribution in [0.25, 0.3) is 17.0 Å². The van der Waals surface area contributed by atoms with Crippen molar-refractivity contribution in [3.8, 4) is 34.5 Å². The molecule has 0 unspecified atom stereocenters. The average molecular weight is 602 g/mol. The number of aliphatic carboxylic acids is 2. The minimum Gasteiger partial charge on any atom is -0.545 e. The zero-order valence-electron chi connectivity index (χ0n) is 25.0. The Balaban J connectivity index is 0.000000708. The molecular weight excluding hydrogens is 566 g/mol. The Morgan fingerprint density at radius 3 is 1.93 bits per heavy atom. The number of likely N-dealkylation sites (N-methyl/N-ethyl adjacent to an activating group) is 1. The first-order chi connectivity index (χ1) is 20.5. The van der Waals surface area contributed by atoms with Gasteiger partial charge in [-0.05, 0) is 35.9 Å². The van der Waals surface area contributed by atoms with Gasteiger partial charge in [0.15, 0.2) is 28.6 Å². The Labute approximate surface area is 248 Å². The Kier molecular flexibility index (Phi) is 12.9. The van der Waals surface area contributed by atoms with Gasteiger partial charge in [-0.15, -0.1) is 0 Å². The number of carbonyl (C=O) groups is 3. The quantitative estimate of drug-likeness (QED) is 0.201. The standard InChI is InChI=1S/C26H31NO8.C4H4O4/c1-27(2)11-13-35-25-21(22(31-5)17-10-12-34-23(17)26(25)33-7)18(28)9-8-16-14-19(29-3)24(32-6)20(15-16)30-4;5-3(6)1-2-4(7)8/h8-10,12,14-15H,11,13H2,1-7H3;1-2H,(H,5,6)(H,7,8)/b9-8+;2-1-. The fourth-order valence-electron chi connectivity index (χ4n) is 3.83. The first kappa shape index (κ1) is 34.0. The number of ether oxygens (including phenoxy) is 6. The highest BCUT2D eigenvalue weighted by molar-refractivity contribution is 6.15. The molecule has 2 N–H and O–H groups in total. The number of allylic oxidation sites excluding steroid dienone is 1. The summed E-state index contributed by atoms with van der Waals surface area (Å²) >= 11 is 0. The van der Waals surface area contributed by atoms with Crippen LogP contribution in [0, 0.1) is 0 Å². The molecule has 1 aromatic heterocycles. The predicted molar refractivity (Wildman–Crippen MR) is 154 cm³/mol. The fourth-order valence-corrected chi connectivity index (χ4v) is 3.83. The van der Waals surface area contributed by atoms with Crippen molar-refractivity contribution in [2.24, 2.45) is 0 Å². The van der Waals surface area contributed by atoms with Crippen molar-refractivity contribution in [2.45, 2.75) is 0 Å². The molecule has 0 atom stereocenters. The molecule has 3 rings (SSSR count). The Morgan fingerprint density at radius 2 is 1.47 bits per heavy atom. The Hall–Kier alpha value is -5.17. The van der Waals surface area contributed by atoms with Crippen LogP contribution in [0.4, 0.5) is 0 Å². The monoisotopic (exact) mass is 601 g/mol. The van der Waals surface area contributed by atoms with Gasteiger partial charge in [-0.2, -0.15) is 0 Å². The third-order valence-electron chi connectivity index (χ3n) is 5.76. The fraction of sp³-hybridized carbons (Fsp3) is 0.300. The van der Waals surface area contributed by atoms with E-state index in [4.69, 9.17) is 37.9 Å². The number of fused-ring (bicyclic) bond motifs is 1. The van der Waals surface area contributed by atoms with Crippen molar-refractivity contribution in [3.63, 3.8) is 0 Å². The molecule has 13 heteroatoms. The zero-order valence-corrected chi connectivity index (χ0v) is 25.0. The topological polar surface area (TPSA) is 167 Å². The summed E-state index contributed by atoms with van der Waals surface area (Å²) in [5, 5.41) is 17.8. The van der Waals surface area contributed by atoms with Gasteiger partial charge in [-0.25, -0.2) is 4.79 Å². The molecule has 0 amide bonds. The summed E-state index contributed by atoms with van der Waals surface area (Å²) in [5.41, 5.74) is 1.37. The molecule has 0 aliphatic carbocycles. The number of carbonyl (C=O) groups excluding carboxylic acids is 2. The van der Waals surface area contributed by atoms with Gasteiger partial charge < -0.3 is 52.7 Å². The molecule has 0 saturated carbocycles. The molecular formula is C30H35NO12. The third kappa shape index (κ3) is 8.91. The summed E-state index contributed by atoms with van der Waals surface area (Å²) in [6, 6.07) is 5.23. The number of carboxylic acid groups (broad SMARTS) is 2. The van der Waals surface area contributed by atoms with Crippen LogP contribution in [-0.4, -0.2) is 85.6 Å². The van der Waals surface area contributed by atoms with Gasteiger partial charge in [0.2, 0.25) is 11.5 Å². The van der Waals surface area contributed by atoms with Crippen molar-refractivity contribution >= 4 is 34.8 Å². The lowest BCUT2D eigenvalue weighted by molar-refractivity contribution is -0.858. The summed E-state index contributed by atoms with van der Waals surface area (Å²) in [5.74, 6) is -0.751. The molecule has 13 nitrogen and oxygen atoms in total. The number of methoxy groups -OCH3 is 5. The molecule has 0 fully saturated rings. The van der Waals surface area contributed by atoms with Crippen LogP contribution in [0.1, 0.15) is 15.9 Å². The first-order valence-corrected chi connectivity index (χ1v) is 12.7. The second-order valence-corrected chi connectivity index (χ2v) is 8.89. The molecule has 3 aromatic rings. The second-order valence-electron chi connectivity index (χ2n) is 8.89. The lowest BCUT2D eigenvalue weighted by Crippen LogP contribution is -3.06. The number of quaternary nitrogens is 1. The summed E-state index contributed by atoms with van der Waals surface area (Å²) in [7, 11) is 11.6. The maximum Gasteiger partial charge on any atom is 0.328 e. The third-order valence-corrected chi connectivity index (χ3v) is 5.76. The van der Waals surface area contributed by atoms with Gasteiger partial charge in [0.1, 0.15) is 24.5 Å². The highest BCUT2D eigenvalue weighted by Crippen LogP contribution is 2.47. The van der Waals surface area contributed by atoms with Crippen LogP contribution in [-0.2, 0) is 9.59 Å². The zero-order chi connectivity index (χ0) is 32.1. The summed E-state index contributed by atoms with van der Waals surface area (Å²) < 4.78 is 39.1. The van der Waals surface area contributed by atoms with Crippen LogP contribution in [0.2, 0.25) is 0 Å². The number of rotatable bonds is 14. The van der Waals surface area contributed by atoms with E-state index in [2.05, 4.69) is 0 Å². The van der Waals surface area contributed by atoms with Crippen molar-refractivity contribution in [2.75, 3.05) is 62.8 Å². The van der Waals surface area contributed by atoms with Gasteiger partial charge in [0.05, 0.1) is 67.3 Å². The minimum atomic E-state index is -1.51. The van der Waals surface area contributed by atoms with E-state index >= 15 is 0 Å². The maximum atomic E-state index is 13.6. The van der Waals surface area contributed by atoms with E-state index < -0.39 is 11.9 Å². The van der Waals surface area contributed by atoms with Gasteiger partial charge in [-0.1, -0.05) is 6.08 Å².